The number of rotatable bonds is 4. The Morgan fingerprint density at radius 1 is 0.500 bits per heavy atom. The third kappa shape index (κ3) is 13.7. The molecule has 0 aromatic rings. The van der Waals surface area contributed by atoms with Gasteiger partial charge in [-0.2, -0.15) is 0 Å². The SMILES string of the molecule is O=P(=O)CN1CCOCCOCCN(CP(=O)=O)CCOCCOCC1. The summed E-state index contributed by atoms with van der Waals surface area (Å²) >= 11 is 0. The van der Waals surface area contributed by atoms with Crippen LogP contribution in [0.3, 0.4) is 0 Å². The highest BCUT2D eigenvalue weighted by atomic mass is 31.1. The molecule has 0 saturated carbocycles. The summed E-state index contributed by atoms with van der Waals surface area (Å²) in [4.78, 5) is 3.52. The van der Waals surface area contributed by atoms with E-state index in [2.05, 4.69) is 0 Å². The van der Waals surface area contributed by atoms with E-state index in [9.17, 15) is 18.3 Å². The Balaban J connectivity index is 2.40. The number of ether oxygens (including phenoxy) is 4. The molecule has 26 heavy (non-hydrogen) atoms. The smallest absolute Gasteiger partial charge is 0.330 e. The van der Waals surface area contributed by atoms with Crippen LogP contribution in [-0.4, -0.2) is 101 Å². The van der Waals surface area contributed by atoms with Crippen molar-refractivity contribution in [3.63, 3.8) is 0 Å². The molecule has 1 saturated heterocycles. The summed E-state index contributed by atoms with van der Waals surface area (Å²) in [5.74, 6) is 0. The Morgan fingerprint density at radius 2 is 0.769 bits per heavy atom. The van der Waals surface area contributed by atoms with Crippen molar-refractivity contribution < 1.29 is 37.2 Å². The van der Waals surface area contributed by atoms with Crippen molar-refractivity contribution >= 4 is 15.4 Å². The van der Waals surface area contributed by atoms with E-state index in [1.807, 2.05) is 0 Å². The Hall–Kier alpha value is -0.440. The molecule has 0 N–H and O–H groups in total. The molecule has 1 aliphatic heterocycles. The van der Waals surface area contributed by atoms with Gasteiger partial charge in [0.05, 0.1) is 52.9 Å². The molecular formula is C14H28N2O8P2. The van der Waals surface area contributed by atoms with Gasteiger partial charge in [0.25, 0.3) is 0 Å². The zero-order valence-corrected chi connectivity index (χ0v) is 16.7. The van der Waals surface area contributed by atoms with E-state index in [1.54, 1.807) is 9.80 Å². The van der Waals surface area contributed by atoms with E-state index in [0.717, 1.165) is 0 Å². The van der Waals surface area contributed by atoms with Crippen molar-refractivity contribution in [3.05, 3.63) is 0 Å². The van der Waals surface area contributed by atoms with Crippen LogP contribution >= 0.6 is 15.4 Å². The van der Waals surface area contributed by atoms with Crippen LogP contribution in [0.25, 0.3) is 0 Å². The van der Waals surface area contributed by atoms with Crippen molar-refractivity contribution in [1.82, 2.24) is 9.80 Å². The van der Waals surface area contributed by atoms with Crippen molar-refractivity contribution in [2.24, 2.45) is 0 Å². The van der Waals surface area contributed by atoms with Gasteiger partial charge in [-0.15, -0.1) is 0 Å². The monoisotopic (exact) mass is 414 g/mol. The second-order valence-electron chi connectivity index (χ2n) is 5.63. The molecule has 10 nitrogen and oxygen atoms in total. The fourth-order valence-corrected chi connectivity index (χ4v) is 3.47. The van der Waals surface area contributed by atoms with Gasteiger partial charge in [-0.05, 0) is 0 Å². The van der Waals surface area contributed by atoms with E-state index < -0.39 is 15.4 Å². The first kappa shape index (κ1) is 23.6. The van der Waals surface area contributed by atoms with Gasteiger partial charge < -0.3 is 18.9 Å². The maximum atomic E-state index is 10.9. The van der Waals surface area contributed by atoms with Crippen molar-refractivity contribution in [2.45, 2.75) is 0 Å². The molecule has 0 aromatic carbocycles. The first-order valence-electron chi connectivity index (χ1n) is 8.57. The molecule has 1 fully saturated rings. The quantitative estimate of drug-likeness (QED) is 0.616. The van der Waals surface area contributed by atoms with Crippen LogP contribution in [-0.2, 0) is 37.2 Å². The lowest BCUT2D eigenvalue weighted by atomic mass is 10.5. The van der Waals surface area contributed by atoms with Gasteiger partial charge in [0, 0.05) is 26.2 Å². The van der Waals surface area contributed by atoms with Crippen LogP contribution in [0.4, 0.5) is 0 Å². The molecular weight excluding hydrogens is 386 g/mol. The van der Waals surface area contributed by atoms with E-state index in [-0.39, 0.29) is 12.6 Å². The fraction of sp³-hybridized carbons (Fsp3) is 1.00. The number of hydrogen-bond donors (Lipinski definition) is 0. The second kappa shape index (κ2) is 15.6. The molecule has 12 heteroatoms. The van der Waals surface area contributed by atoms with E-state index in [4.69, 9.17) is 18.9 Å². The summed E-state index contributed by atoms with van der Waals surface area (Å²) in [5, 5.41) is 0. The molecule has 1 aliphatic rings. The van der Waals surface area contributed by atoms with E-state index in [1.165, 1.54) is 0 Å². The van der Waals surface area contributed by atoms with Gasteiger partial charge in [0.1, 0.15) is 12.6 Å². The van der Waals surface area contributed by atoms with Gasteiger partial charge in [-0.3, -0.25) is 9.80 Å². The molecule has 0 aromatic heterocycles. The third-order valence-corrected chi connectivity index (χ3v) is 4.84. The Kier molecular flexibility index (Phi) is 14.2. The van der Waals surface area contributed by atoms with E-state index in [0.29, 0.717) is 79.0 Å². The zero-order chi connectivity index (χ0) is 19.0. The lowest BCUT2D eigenvalue weighted by Gasteiger charge is -2.20. The Bertz CT molecular complexity index is 421. The van der Waals surface area contributed by atoms with E-state index >= 15 is 0 Å². The van der Waals surface area contributed by atoms with Crippen LogP contribution in [0.15, 0.2) is 0 Å². The Morgan fingerprint density at radius 3 is 1.00 bits per heavy atom. The predicted molar refractivity (Wildman–Crippen MR) is 92.7 cm³/mol. The summed E-state index contributed by atoms with van der Waals surface area (Å²) in [6.45, 7) is 5.16. The molecule has 0 bridgehead atoms. The van der Waals surface area contributed by atoms with Gasteiger partial charge in [-0.25, -0.2) is 18.3 Å². The topological polar surface area (TPSA) is 112 Å². The molecule has 1 rings (SSSR count). The average molecular weight is 414 g/mol. The summed E-state index contributed by atoms with van der Waals surface area (Å²) in [5.41, 5.74) is 0. The summed E-state index contributed by atoms with van der Waals surface area (Å²) in [6.07, 6.45) is -0.0420. The highest BCUT2D eigenvalue weighted by Crippen LogP contribution is 2.07. The predicted octanol–water partition coefficient (Wildman–Crippen LogP) is 0.931. The number of hydrogen-bond acceptors (Lipinski definition) is 10. The molecule has 0 unspecified atom stereocenters. The van der Waals surface area contributed by atoms with Crippen LogP contribution in [0.2, 0.25) is 0 Å². The Labute approximate surface area is 154 Å². The van der Waals surface area contributed by atoms with Gasteiger partial charge >= 0.3 is 15.4 Å². The molecule has 0 spiro atoms. The maximum Gasteiger partial charge on any atom is 0.330 e. The molecule has 0 aliphatic carbocycles. The van der Waals surface area contributed by atoms with Crippen molar-refractivity contribution in [3.8, 4) is 0 Å². The van der Waals surface area contributed by atoms with Gasteiger partial charge in [0.2, 0.25) is 0 Å². The van der Waals surface area contributed by atoms with Crippen LogP contribution in [0.1, 0.15) is 0 Å². The second-order valence-corrected chi connectivity index (χ2v) is 7.53. The zero-order valence-electron chi connectivity index (χ0n) is 15.0. The maximum absolute atomic E-state index is 10.9. The van der Waals surface area contributed by atoms with Crippen molar-refractivity contribution in [1.29, 1.82) is 0 Å². The average Bonchev–Trinajstić information content (AvgIpc) is 2.57. The first-order chi connectivity index (χ1) is 12.6. The minimum Gasteiger partial charge on any atom is -0.378 e. The summed E-state index contributed by atoms with van der Waals surface area (Å²) < 4.78 is 65.5. The minimum absolute atomic E-state index is 0.0210. The highest BCUT2D eigenvalue weighted by molar-refractivity contribution is 7.30. The largest absolute Gasteiger partial charge is 0.378 e. The van der Waals surface area contributed by atoms with Crippen molar-refractivity contribution in [2.75, 3.05) is 91.6 Å². The van der Waals surface area contributed by atoms with Gasteiger partial charge in [-0.1, -0.05) is 0 Å². The molecule has 152 valence electrons. The number of nitrogens with zero attached hydrogens (tertiary/aromatic N) is 2. The summed E-state index contributed by atoms with van der Waals surface area (Å²) in [6, 6.07) is 0. The minimum atomic E-state index is -2.49. The molecule has 0 atom stereocenters. The first-order valence-corrected chi connectivity index (χ1v) is 11.3. The third-order valence-electron chi connectivity index (χ3n) is 3.58. The standard InChI is InChI=1S/C14H28N2O8P2/c17-25(18)13-15-1-5-21-9-10-23-7-3-16(14-26(19)20)4-8-24-12-11-22-6-2-15/h1-14H2. The normalized spacial score (nSPS) is 21.5. The lowest BCUT2D eigenvalue weighted by Crippen LogP contribution is -2.32. The molecule has 0 amide bonds. The fourth-order valence-electron chi connectivity index (χ4n) is 2.25. The van der Waals surface area contributed by atoms with Crippen LogP contribution in [0.5, 0.6) is 0 Å². The van der Waals surface area contributed by atoms with Crippen LogP contribution < -0.4 is 0 Å². The highest BCUT2D eigenvalue weighted by Gasteiger charge is 2.10. The molecule has 1 heterocycles. The lowest BCUT2D eigenvalue weighted by molar-refractivity contribution is 0.0119. The molecule has 0 radical (unpaired) electrons. The van der Waals surface area contributed by atoms with Gasteiger partial charge in [0.15, 0.2) is 0 Å². The van der Waals surface area contributed by atoms with Crippen LogP contribution in [0, 0.1) is 0 Å². The summed E-state index contributed by atoms with van der Waals surface area (Å²) in [7, 11) is -4.98.